The van der Waals surface area contributed by atoms with Crippen LogP contribution < -0.4 is 10.6 Å². The van der Waals surface area contributed by atoms with E-state index in [1.54, 1.807) is 18.3 Å². The van der Waals surface area contributed by atoms with Crippen molar-refractivity contribution < 1.29 is 0 Å². The molecule has 0 aliphatic rings. The van der Waals surface area contributed by atoms with E-state index >= 15 is 0 Å². The minimum atomic E-state index is 0.397. The van der Waals surface area contributed by atoms with Crippen LogP contribution in [-0.4, -0.2) is 9.97 Å². The van der Waals surface area contributed by atoms with Gasteiger partial charge in [-0.1, -0.05) is 29.8 Å². The summed E-state index contributed by atoms with van der Waals surface area (Å²) in [6, 6.07) is 15.1. The van der Waals surface area contributed by atoms with Gasteiger partial charge < -0.3 is 10.6 Å². The molecule has 0 radical (unpaired) electrons. The standard InChI is InChI=1S/C19H16ClN5/c1-12-9-13(2)18(15(20)10-12)24-17-7-8-22-19(25-17)23-16-6-4-3-5-14(16)11-21/h3-10H,1-2H3,(H2,22,23,24,25). The summed E-state index contributed by atoms with van der Waals surface area (Å²) in [5.41, 5.74) is 4.14. The zero-order valence-electron chi connectivity index (χ0n) is 13.8. The number of halogens is 1. The molecule has 0 fully saturated rings. The highest BCUT2D eigenvalue weighted by Crippen LogP contribution is 2.30. The predicted octanol–water partition coefficient (Wildman–Crippen LogP) is 5.11. The van der Waals surface area contributed by atoms with Crippen molar-refractivity contribution in [3.63, 3.8) is 0 Å². The van der Waals surface area contributed by atoms with E-state index in [0.29, 0.717) is 28.0 Å². The van der Waals surface area contributed by atoms with E-state index in [1.165, 1.54) is 0 Å². The highest BCUT2D eigenvalue weighted by atomic mass is 35.5. The van der Waals surface area contributed by atoms with E-state index in [2.05, 4.69) is 32.7 Å². The average Bonchev–Trinajstić information content (AvgIpc) is 2.59. The second-order valence-corrected chi connectivity index (χ2v) is 6.02. The molecule has 0 aliphatic heterocycles. The summed E-state index contributed by atoms with van der Waals surface area (Å²) in [5, 5.41) is 16.1. The molecule has 25 heavy (non-hydrogen) atoms. The first-order valence-corrected chi connectivity index (χ1v) is 8.07. The Balaban J connectivity index is 1.87. The van der Waals surface area contributed by atoms with Crippen LogP contribution >= 0.6 is 11.6 Å². The predicted molar refractivity (Wildman–Crippen MR) is 101 cm³/mol. The average molecular weight is 350 g/mol. The van der Waals surface area contributed by atoms with Crippen LogP contribution in [0.15, 0.2) is 48.7 Å². The molecule has 2 aromatic carbocycles. The molecule has 0 bridgehead atoms. The second kappa shape index (κ2) is 7.20. The van der Waals surface area contributed by atoms with E-state index in [4.69, 9.17) is 11.6 Å². The Morgan fingerprint density at radius 2 is 1.88 bits per heavy atom. The van der Waals surface area contributed by atoms with Crippen molar-refractivity contribution >= 4 is 34.7 Å². The third kappa shape index (κ3) is 3.87. The molecule has 124 valence electrons. The van der Waals surface area contributed by atoms with Gasteiger partial charge in [0.1, 0.15) is 11.9 Å². The number of hydrogen-bond donors (Lipinski definition) is 2. The topological polar surface area (TPSA) is 73.6 Å². The van der Waals surface area contributed by atoms with E-state index in [1.807, 2.05) is 38.1 Å². The monoisotopic (exact) mass is 349 g/mol. The molecule has 2 N–H and O–H groups in total. The molecule has 0 aliphatic carbocycles. The number of aromatic nitrogens is 2. The van der Waals surface area contributed by atoms with E-state index in [0.717, 1.165) is 16.8 Å². The smallest absolute Gasteiger partial charge is 0.229 e. The number of para-hydroxylation sites is 1. The van der Waals surface area contributed by atoms with Crippen molar-refractivity contribution in [1.29, 1.82) is 5.26 Å². The summed E-state index contributed by atoms with van der Waals surface area (Å²) >= 11 is 6.34. The minimum absolute atomic E-state index is 0.397. The fraction of sp³-hybridized carbons (Fsp3) is 0.105. The number of benzene rings is 2. The third-order valence-electron chi connectivity index (χ3n) is 3.63. The summed E-state index contributed by atoms with van der Waals surface area (Å²) in [5.74, 6) is 1.01. The lowest BCUT2D eigenvalue weighted by Crippen LogP contribution is -2.02. The lowest BCUT2D eigenvalue weighted by Gasteiger charge is -2.13. The van der Waals surface area contributed by atoms with Crippen molar-refractivity contribution in [3.8, 4) is 6.07 Å². The first kappa shape index (κ1) is 16.7. The van der Waals surface area contributed by atoms with Gasteiger partial charge >= 0.3 is 0 Å². The van der Waals surface area contributed by atoms with Gasteiger partial charge in [0.25, 0.3) is 0 Å². The fourth-order valence-corrected chi connectivity index (χ4v) is 2.87. The Hall–Kier alpha value is -3.10. The molecule has 1 heterocycles. The van der Waals surface area contributed by atoms with Crippen molar-refractivity contribution in [2.24, 2.45) is 0 Å². The molecule has 0 saturated carbocycles. The molecule has 3 rings (SSSR count). The quantitative estimate of drug-likeness (QED) is 0.685. The molecule has 6 heteroatoms. The SMILES string of the molecule is Cc1cc(C)c(Nc2ccnc(Nc3ccccc3C#N)n2)c(Cl)c1. The van der Waals surface area contributed by atoms with E-state index in [9.17, 15) is 5.26 Å². The van der Waals surface area contributed by atoms with Gasteiger partial charge in [-0.05, 0) is 49.2 Å². The van der Waals surface area contributed by atoms with Gasteiger partial charge in [0, 0.05) is 6.20 Å². The first-order chi connectivity index (χ1) is 12.1. The van der Waals surface area contributed by atoms with Crippen LogP contribution in [0.4, 0.5) is 23.1 Å². The molecule has 1 aromatic heterocycles. The third-order valence-corrected chi connectivity index (χ3v) is 3.93. The summed E-state index contributed by atoms with van der Waals surface area (Å²) in [4.78, 5) is 8.65. The Morgan fingerprint density at radius 1 is 1.08 bits per heavy atom. The molecule has 0 amide bonds. The molecular formula is C19H16ClN5. The summed E-state index contributed by atoms with van der Waals surface area (Å²) in [6.45, 7) is 3.99. The van der Waals surface area contributed by atoms with Gasteiger partial charge in [0.05, 0.1) is 22.0 Å². The van der Waals surface area contributed by atoms with Crippen LogP contribution in [0.25, 0.3) is 0 Å². The van der Waals surface area contributed by atoms with Crippen molar-refractivity contribution in [1.82, 2.24) is 9.97 Å². The van der Waals surface area contributed by atoms with Gasteiger partial charge in [-0.2, -0.15) is 10.2 Å². The summed E-state index contributed by atoms with van der Waals surface area (Å²) in [6.07, 6.45) is 1.64. The van der Waals surface area contributed by atoms with Crippen molar-refractivity contribution in [2.75, 3.05) is 10.6 Å². The molecule has 0 saturated heterocycles. The summed E-state index contributed by atoms with van der Waals surface area (Å²) < 4.78 is 0. The zero-order chi connectivity index (χ0) is 17.8. The second-order valence-electron chi connectivity index (χ2n) is 5.61. The molecule has 0 atom stereocenters. The largest absolute Gasteiger partial charge is 0.339 e. The highest BCUT2D eigenvalue weighted by molar-refractivity contribution is 6.33. The number of nitrogens with zero attached hydrogens (tertiary/aromatic N) is 3. The van der Waals surface area contributed by atoms with Gasteiger partial charge in [0.15, 0.2) is 0 Å². The zero-order valence-corrected chi connectivity index (χ0v) is 14.6. The van der Waals surface area contributed by atoms with E-state index in [-0.39, 0.29) is 0 Å². The van der Waals surface area contributed by atoms with Crippen LogP contribution in [0.3, 0.4) is 0 Å². The van der Waals surface area contributed by atoms with Crippen LogP contribution in [0.2, 0.25) is 5.02 Å². The van der Waals surface area contributed by atoms with Gasteiger partial charge in [0.2, 0.25) is 5.95 Å². The van der Waals surface area contributed by atoms with Crippen LogP contribution in [-0.2, 0) is 0 Å². The fourth-order valence-electron chi connectivity index (χ4n) is 2.50. The van der Waals surface area contributed by atoms with Crippen LogP contribution in [0.5, 0.6) is 0 Å². The maximum absolute atomic E-state index is 9.17. The molecule has 0 spiro atoms. The Labute approximate surface area is 151 Å². The number of anilines is 4. The lowest BCUT2D eigenvalue weighted by atomic mass is 10.1. The van der Waals surface area contributed by atoms with Gasteiger partial charge in [-0.25, -0.2) is 4.98 Å². The minimum Gasteiger partial charge on any atom is -0.339 e. The van der Waals surface area contributed by atoms with Gasteiger partial charge in [-0.3, -0.25) is 0 Å². The first-order valence-electron chi connectivity index (χ1n) is 7.70. The lowest BCUT2D eigenvalue weighted by molar-refractivity contribution is 1.16. The number of rotatable bonds is 4. The molecule has 3 aromatic rings. The number of nitriles is 1. The molecular weight excluding hydrogens is 334 g/mol. The maximum atomic E-state index is 9.17. The molecule has 0 unspecified atom stereocenters. The van der Waals surface area contributed by atoms with Crippen LogP contribution in [0.1, 0.15) is 16.7 Å². The van der Waals surface area contributed by atoms with Crippen LogP contribution in [0, 0.1) is 25.2 Å². The van der Waals surface area contributed by atoms with Crippen molar-refractivity contribution in [2.45, 2.75) is 13.8 Å². The Kier molecular flexibility index (Phi) is 4.82. The normalized spacial score (nSPS) is 10.2. The molecule has 5 nitrogen and oxygen atoms in total. The number of hydrogen-bond acceptors (Lipinski definition) is 5. The number of nitrogens with one attached hydrogen (secondary N) is 2. The highest BCUT2D eigenvalue weighted by Gasteiger charge is 2.08. The maximum Gasteiger partial charge on any atom is 0.229 e. The number of aryl methyl sites for hydroxylation is 2. The van der Waals surface area contributed by atoms with Crippen molar-refractivity contribution in [3.05, 3.63) is 70.4 Å². The Morgan fingerprint density at radius 3 is 2.64 bits per heavy atom. The Bertz CT molecular complexity index is 939. The van der Waals surface area contributed by atoms with Gasteiger partial charge in [-0.15, -0.1) is 0 Å². The summed E-state index contributed by atoms with van der Waals surface area (Å²) in [7, 11) is 0. The van der Waals surface area contributed by atoms with E-state index < -0.39 is 0 Å².